The topological polar surface area (TPSA) is 321 Å². The van der Waals surface area contributed by atoms with Gasteiger partial charge in [0, 0.05) is 0 Å². The first-order valence-corrected chi connectivity index (χ1v) is 3.79. The van der Waals surface area contributed by atoms with Crippen molar-refractivity contribution in [3.8, 4) is 0 Å². The zero-order valence-corrected chi connectivity index (χ0v) is 10.8. The van der Waals surface area contributed by atoms with Crippen molar-refractivity contribution in [1.82, 2.24) is 12.3 Å². The highest BCUT2D eigenvalue weighted by molar-refractivity contribution is 5.74. The van der Waals surface area contributed by atoms with Gasteiger partial charge in [-0.3, -0.25) is 0 Å². The lowest BCUT2D eigenvalue weighted by Gasteiger charge is -1.84. The summed E-state index contributed by atoms with van der Waals surface area (Å²) in [5.41, 5.74) is 0. The summed E-state index contributed by atoms with van der Waals surface area (Å²) in [5, 5.41) is 44.9. The van der Waals surface area contributed by atoms with Crippen molar-refractivity contribution in [1.29, 1.82) is 0 Å². The Balaban J connectivity index is -0.0000000675. The van der Waals surface area contributed by atoms with E-state index >= 15 is 0 Å². The lowest BCUT2D eigenvalue weighted by Crippen LogP contribution is -2.05. The maximum atomic E-state index is 9.21. The van der Waals surface area contributed by atoms with Crippen LogP contribution in [-0.4, -0.2) is 67.6 Å². The normalized spacial score (nSPS) is 6.78. The van der Waals surface area contributed by atoms with Crippen LogP contribution >= 0.6 is 0 Å². The van der Waals surface area contributed by atoms with E-state index < -0.39 is 36.9 Å². The Morgan fingerprint density at radius 3 is 0.478 bits per heavy atom. The van der Waals surface area contributed by atoms with Gasteiger partial charge in [-0.25, -0.2) is 28.8 Å². The maximum Gasteiger partial charge on any atom is 0.516 e. The molecule has 0 heterocycles. The van der Waals surface area contributed by atoms with E-state index in [1.54, 1.807) is 0 Å². The SMILES string of the molecule is N.N.O=C(O)OC(=O)O.O=C(O)OC(=O)O.O=C(O)OC(=O)O. The molecule has 0 aliphatic heterocycles. The molecule has 0 aliphatic rings. The van der Waals surface area contributed by atoms with Crippen LogP contribution in [0.5, 0.6) is 0 Å². The molecule has 23 heavy (non-hydrogen) atoms. The number of carboxylic acid groups (broad SMARTS) is 6. The molecule has 0 saturated carbocycles. The third-order valence-electron chi connectivity index (χ3n) is 0.524. The van der Waals surface area contributed by atoms with Crippen molar-refractivity contribution in [2.24, 2.45) is 0 Å². The quantitative estimate of drug-likeness (QED) is 0.173. The molecule has 0 saturated heterocycles. The van der Waals surface area contributed by atoms with E-state index in [0.29, 0.717) is 0 Å². The van der Waals surface area contributed by atoms with Crippen LogP contribution in [0.3, 0.4) is 0 Å². The summed E-state index contributed by atoms with van der Waals surface area (Å²) in [5.74, 6) is 0. The zero-order chi connectivity index (χ0) is 17.6. The van der Waals surface area contributed by atoms with Crippen molar-refractivity contribution in [2.75, 3.05) is 0 Å². The monoisotopic (exact) mass is 352 g/mol. The van der Waals surface area contributed by atoms with E-state index in [-0.39, 0.29) is 12.3 Å². The minimum Gasteiger partial charge on any atom is -0.449 e. The van der Waals surface area contributed by atoms with Crippen LogP contribution in [-0.2, 0) is 14.2 Å². The van der Waals surface area contributed by atoms with E-state index in [1.165, 1.54) is 0 Å². The number of carbonyl (C=O) groups is 6. The number of ether oxygens (including phenoxy) is 3. The van der Waals surface area contributed by atoms with Crippen LogP contribution in [0.1, 0.15) is 0 Å². The molecule has 0 rings (SSSR count). The Kier molecular flexibility index (Phi) is 24.8. The van der Waals surface area contributed by atoms with Crippen LogP contribution in [0.25, 0.3) is 0 Å². The summed E-state index contributed by atoms with van der Waals surface area (Å²) in [4.78, 5) is 55.2. The van der Waals surface area contributed by atoms with Gasteiger partial charge in [0.05, 0.1) is 0 Å². The molecule has 0 fully saturated rings. The third kappa shape index (κ3) is 71.3. The predicted octanol–water partition coefficient (Wildman–Crippen LogP) is 1.40. The van der Waals surface area contributed by atoms with Crippen molar-refractivity contribution in [3.05, 3.63) is 0 Å². The first-order valence-electron chi connectivity index (χ1n) is 3.79. The molecule has 0 aliphatic carbocycles. The van der Waals surface area contributed by atoms with Crippen LogP contribution in [0.2, 0.25) is 0 Å². The molecule has 17 heteroatoms. The summed E-state index contributed by atoms with van der Waals surface area (Å²) in [7, 11) is 0. The number of hydrogen-bond acceptors (Lipinski definition) is 11. The highest BCUT2D eigenvalue weighted by Gasteiger charge is 2.02. The molecule has 0 unspecified atom stereocenters. The first kappa shape index (κ1) is 31.5. The fraction of sp³-hybridized carbons (Fsp3) is 0. The van der Waals surface area contributed by atoms with Gasteiger partial charge < -0.3 is 57.2 Å². The van der Waals surface area contributed by atoms with E-state index in [2.05, 4.69) is 14.2 Å². The standard InChI is InChI=1S/3C2H2O5.2H3N/c3*3-1(4)7-2(5)6;;/h3*(H,3,4)(H,5,6);2*1H3. The molecule has 0 bridgehead atoms. The van der Waals surface area contributed by atoms with Crippen molar-refractivity contribution in [3.63, 3.8) is 0 Å². The smallest absolute Gasteiger partial charge is 0.449 e. The predicted molar refractivity (Wildman–Crippen MR) is 61.4 cm³/mol. The molecule has 0 radical (unpaired) electrons. The van der Waals surface area contributed by atoms with Gasteiger partial charge in [-0.1, -0.05) is 0 Å². The fourth-order valence-electron chi connectivity index (χ4n) is 0.224. The van der Waals surface area contributed by atoms with E-state index in [9.17, 15) is 28.8 Å². The highest BCUT2D eigenvalue weighted by atomic mass is 16.8. The number of hydrogen-bond donors (Lipinski definition) is 8. The number of rotatable bonds is 0. The molecule has 0 amide bonds. The lowest BCUT2D eigenvalue weighted by atomic mass is 11.3. The average molecular weight is 352 g/mol. The molecule has 12 N–H and O–H groups in total. The molecular weight excluding hydrogens is 340 g/mol. The van der Waals surface area contributed by atoms with Crippen LogP contribution in [0.4, 0.5) is 28.8 Å². The summed E-state index contributed by atoms with van der Waals surface area (Å²) in [6, 6.07) is 0. The Morgan fingerprint density at radius 2 is 0.478 bits per heavy atom. The van der Waals surface area contributed by atoms with Gasteiger partial charge in [0.1, 0.15) is 0 Å². The highest BCUT2D eigenvalue weighted by Crippen LogP contribution is 1.75. The second-order valence-corrected chi connectivity index (χ2v) is 1.90. The first-order chi connectivity index (χ1) is 9.38. The van der Waals surface area contributed by atoms with Gasteiger partial charge in [0.2, 0.25) is 0 Å². The van der Waals surface area contributed by atoms with Gasteiger partial charge in [-0.15, -0.1) is 0 Å². The molecule has 0 spiro atoms. The summed E-state index contributed by atoms with van der Waals surface area (Å²) in [6.45, 7) is 0. The lowest BCUT2D eigenvalue weighted by molar-refractivity contribution is 0.0776. The van der Waals surface area contributed by atoms with Crippen LogP contribution in [0, 0.1) is 0 Å². The van der Waals surface area contributed by atoms with Crippen molar-refractivity contribution in [2.45, 2.75) is 0 Å². The third-order valence-corrected chi connectivity index (χ3v) is 0.524. The molecule has 0 aromatic heterocycles. The van der Waals surface area contributed by atoms with E-state index in [1.807, 2.05) is 0 Å². The van der Waals surface area contributed by atoms with E-state index in [0.717, 1.165) is 0 Å². The van der Waals surface area contributed by atoms with Crippen LogP contribution in [0.15, 0.2) is 0 Å². The maximum absolute atomic E-state index is 9.21. The molecule has 0 aromatic rings. The Hall–Kier alpha value is -3.86. The van der Waals surface area contributed by atoms with E-state index in [4.69, 9.17) is 30.6 Å². The average Bonchev–Trinajstić information content (AvgIpc) is 2.10. The Labute approximate surface area is 124 Å². The molecule has 17 nitrogen and oxygen atoms in total. The Morgan fingerprint density at radius 1 is 0.391 bits per heavy atom. The Bertz CT molecular complexity index is 318. The molecular formula is C6H12N2O15. The summed E-state index contributed by atoms with van der Waals surface area (Å²) in [6.07, 6.45) is -10.9. The van der Waals surface area contributed by atoms with Crippen molar-refractivity contribution < 1.29 is 73.6 Å². The summed E-state index contributed by atoms with van der Waals surface area (Å²) >= 11 is 0. The zero-order valence-electron chi connectivity index (χ0n) is 10.8. The second kappa shape index (κ2) is 18.1. The van der Waals surface area contributed by atoms with Crippen molar-refractivity contribution >= 4 is 36.9 Å². The minimum atomic E-state index is -1.81. The van der Waals surface area contributed by atoms with Gasteiger partial charge in [-0.05, 0) is 0 Å². The molecule has 0 aromatic carbocycles. The largest absolute Gasteiger partial charge is 0.516 e. The molecule has 0 atom stereocenters. The van der Waals surface area contributed by atoms with Gasteiger partial charge in [0.25, 0.3) is 0 Å². The minimum absolute atomic E-state index is 0. The second-order valence-electron chi connectivity index (χ2n) is 1.90. The molecule has 136 valence electrons. The summed E-state index contributed by atoms with van der Waals surface area (Å²) < 4.78 is 9.25. The van der Waals surface area contributed by atoms with Gasteiger partial charge in [-0.2, -0.15) is 0 Å². The van der Waals surface area contributed by atoms with Gasteiger partial charge >= 0.3 is 36.9 Å². The van der Waals surface area contributed by atoms with Crippen LogP contribution < -0.4 is 12.3 Å². The van der Waals surface area contributed by atoms with Gasteiger partial charge in [0.15, 0.2) is 0 Å². The fourth-order valence-corrected chi connectivity index (χ4v) is 0.224.